The molecule has 1 saturated heterocycles. The highest BCUT2D eigenvalue weighted by molar-refractivity contribution is 5.87. The fraction of sp³-hybridized carbons (Fsp3) is 0.529. The van der Waals surface area contributed by atoms with E-state index in [0.29, 0.717) is 26.0 Å². The molecule has 126 valence electrons. The lowest BCUT2D eigenvalue weighted by Crippen LogP contribution is -2.29. The molecule has 2 rings (SSSR count). The van der Waals surface area contributed by atoms with Crippen LogP contribution < -0.4 is 5.32 Å². The number of amides is 1. The molecule has 1 amide bonds. The number of rotatable bonds is 8. The molecule has 0 aliphatic carbocycles. The van der Waals surface area contributed by atoms with Gasteiger partial charge in [-0.1, -0.05) is 12.1 Å². The number of hydrogen-bond acceptors (Lipinski definition) is 4. The van der Waals surface area contributed by atoms with E-state index in [0.717, 1.165) is 31.6 Å². The van der Waals surface area contributed by atoms with Crippen LogP contribution in [0.1, 0.15) is 35.2 Å². The minimum Gasteiger partial charge on any atom is -0.478 e. The highest BCUT2D eigenvalue weighted by Crippen LogP contribution is 2.10. The summed E-state index contributed by atoms with van der Waals surface area (Å²) in [6.07, 6.45) is 3.04. The first-order chi connectivity index (χ1) is 11.1. The van der Waals surface area contributed by atoms with Crippen LogP contribution in [0.2, 0.25) is 0 Å². The first-order valence-corrected chi connectivity index (χ1v) is 7.93. The number of nitrogens with one attached hydrogen (secondary N) is 1. The van der Waals surface area contributed by atoms with E-state index >= 15 is 0 Å². The van der Waals surface area contributed by atoms with E-state index in [1.165, 1.54) is 0 Å². The standard InChI is InChI=1S/C17H23NO5/c19-16(8-12-23-15-6-10-22-11-7-15)18-9-5-13-1-3-14(4-2-13)17(20)21/h1-4,15H,5-12H2,(H,18,19)(H,20,21). The maximum Gasteiger partial charge on any atom is 0.335 e. The summed E-state index contributed by atoms with van der Waals surface area (Å²) in [6, 6.07) is 6.68. The maximum absolute atomic E-state index is 11.7. The van der Waals surface area contributed by atoms with E-state index in [1.807, 2.05) is 0 Å². The predicted octanol–water partition coefficient (Wildman–Crippen LogP) is 1.63. The second-order valence-electron chi connectivity index (χ2n) is 5.53. The molecular weight excluding hydrogens is 298 g/mol. The van der Waals surface area contributed by atoms with Gasteiger partial charge in [0.2, 0.25) is 5.91 Å². The first kappa shape index (κ1) is 17.4. The molecule has 1 aromatic carbocycles. The van der Waals surface area contributed by atoms with Gasteiger partial charge in [-0.3, -0.25) is 4.79 Å². The minimum atomic E-state index is -0.936. The molecule has 1 heterocycles. The number of carboxylic acids is 1. The molecule has 0 unspecified atom stereocenters. The summed E-state index contributed by atoms with van der Waals surface area (Å²) in [6.45, 7) is 2.43. The van der Waals surface area contributed by atoms with Gasteiger partial charge in [0.15, 0.2) is 0 Å². The molecule has 1 fully saturated rings. The Morgan fingerprint density at radius 3 is 2.57 bits per heavy atom. The number of carbonyl (C=O) groups excluding carboxylic acids is 1. The molecule has 23 heavy (non-hydrogen) atoms. The number of carboxylic acid groups (broad SMARTS) is 1. The van der Waals surface area contributed by atoms with Crippen molar-refractivity contribution in [3.8, 4) is 0 Å². The SMILES string of the molecule is O=C(CCOC1CCOCC1)NCCc1ccc(C(=O)O)cc1. The van der Waals surface area contributed by atoms with Crippen LogP contribution in [-0.2, 0) is 20.7 Å². The van der Waals surface area contributed by atoms with Crippen LogP contribution in [0.3, 0.4) is 0 Å². The van der Waals surface area contributed by atoms with Gasteiger partial charge in [-0.2, -0.15) is 0 Å². The normalized spacial score (nSPS) is 15.3. The van der Waals surface area contributed by atoms with Gasteiger partial charge in [-0.25, -0.2) is 4.79 Å². The summed E-state index contributed by atoms with van der Waals surface area (Å²) in [4.78, 5) is 22.5. The molecular formula is C17H23NO5. The molecule has 0 saturated carbocycles. The molecule has 1 aliphatic heterocycles. The zero-order chi connectivity index (χ0) is 16.5. The van der Waals surface area contributed by atoms with E-state index in [2.05, 4.69) is 5.32 Å². The molecule has 6 nitrogen and oxygen atoms in total. The number of benzene rings is 1. The van der Waals surface area contributed by atoms with E-state index in [9.17, 15) is 9.59 Å². The van der Waals surface area contributed by atoms with E-state index in [-0.39, 0.29) is 17.6 Å². The summed E-state index contributed by atoms with van der Waals surface area (Å²) in [7, 11) is 0. The molecule has 0 aromatic heterocycles. The Morgan fingerprint density at radius 1 is 1.22 bits per heavy atom. The third kappa shape index (κ3) is 6.38. The van der Waals surface area contributed by atoms with Gasteiger partial charge in [-0.15, -0.1) is 0 Å². The van der Waals surface area contributed by atoms with Crippen LogP contribution >= 0.6 is 0 Å². The second-order valence-corrected chi connectivity index (χ2v) is 5.53. The van der Waals surface area contributed by atoms with Gasteiger partial charge in [0.25, 0.3) is 0 Å². The van der Waals surface area contributed by atoms with Gasteiger partial charge >= 0.3 is 5.97 Å². The molecule has 6 heteroatoms. The molecule has 0 atom stereocenters. The van der Waals surface area contributed by atoms with Crippen molar-refractivity contribution in [2.24, 2.45) is 0 Å². The fourth-order valence-corrected chi connectivity index (χ4v) is 2.41. The lowest BCUT2D eigenvalue weighted by atomic mass is 10.1. The Balaban J connectivity index is 1.58. The highest BCUT2D eigenvalue weighted by atomic mass is 16.5. The third-order valence-corrected chi connectivity index (χ3v) is 3.79. The zero-order valence-electron chi connectivity index (χ0n) is 13.1. The Bertz CT molecular complexity index is 508. The maximum atomic E-state index is 11.7. The average molecular weight is 321 g/mol. The van der Waals surface area contributed by atoms with Gasteiger partial charge in [0.05, 0.1) is 18.3 Å². The number of carbonyl (C=O) groups is 2. The Hall–Kier alpha value is -1.92. The fourth-order valence-electron chi connectivity index (χ4n) is 2.41. The van der Waals surface area contributed by atoms with Gasteiger partial charge in [0, 0.05) is 26.2 Å². The lowest BCUT2D eigenvalue weighted by molar-refractivity contribution is -0.123. The van der Waals surface area contributed by atoms with Crippen LogP contribution in [0.25, 0.3) is 0 Å². The van der Waals surface area contributed by atoms with Crippen molar-refractivity contribution in [2.45, 2.75) is 31.8 Å². The molecule has 1 aromatic rings. The van der Waals surface area contributed by atoms with Crippen molar-refractivity contribution in [3.63, 3.8) is 0 Å². The van der Waals surface area contributed by atoms with Crippen LogP contribution in [0.5, 0.6) is 0 Å². The van der Waals surface area contributed by atoms with Gasteiger partial charge in [-0.05, 0) is 37.0 Å². The molecule has 1 aliphatic rings. The average Bonchev–Trinajstić information content (AvgIpc) is 2.56. The zero-order valence-corrected chi connectivity index (χ0v) is 13.1. The van der Waals surface area contributed by atoms with Crippen LogP contribution in [0.15, 0.2) is 24.3 Å². The molecule has 0 radical (unpaired) electrons. The molecule has 0 spiro atoms. The van der Waals surface area contributed by atoms with Crippen molar-refractivity contribution < 1.29 is 24.2 Å². The van der Waals surface area contributed by atoms with Gasteiger partial charge in [0.1, 0.15) is 0 Å². The lowest BCUT2D eigenvalue weighted by Gasteiger charge is -2.22. The van der Waals surface area contributed by atoms with Crippen LogP contribution in [0, 0.1) is 0 Å². The van der Waals surface area contributed by atoms with E-state index in [4.69, 9.17) is 14.6 Å². The van der Waals surface area contributed by atoms with Crippen molar-refractivity contribution in [2.75, 3.05) is 26.4 Å². The summed E-state index contributed by atoms with van der Waals surface area (Å²) >= 11 is 0. The number of ether oxygens (including phenoxy) is 2. The topological polar surface area (TPSA) is 84.9 Å². The van der Waals surface area contributed by atoms with E-state index in [1.54, 1.807) is 24.3 Å². The molecule has 2 N–H and O–H groups in total. The quantitative estimate of drug-likeness (QED) is 0.760. The summed E-state index contributed by atoms with van der Waals surface area (Å²) in [5, 5.41) is 11.7. The minimum absolute atomic E-state index is 0.0285. The van der Waals surface area contributed by atoms with Crippen molar-refractivity contribution in [1.29, 1.82) is 0 Å². The van der Waals surface area contributed by atoms with Crippen molar-refractivity contribution in [3.05, 3.63) is 35.4 Å². The molecule has 0 bridgehead atoms. The van der Waals surface area contributed by atoms with Crippen LogP contribution in [-0.4, -0.2) is 49.5 Å². The predicted molar refractivity (Wildman–Crippen MR) is 84.5 cm³/mol. The Kier molecular flexibility index (Phi) is 7.03. The Morgan fingerprint density at radius 2 is 1.91 bits per heavy atom. The van der Waals surface area contributed by atoms with Crippen molar-refractivity contribution >= 4 is 11.9 Å². The smallest absolute Gasteiger partial charge is 0.335 e. The third-order valence-electron chi connectivity index (χ3n) is 3.79. The monoisotopic (exact) mass is 321 g/mol. The number of aromatic carboxylic acids is 1. The Labute approximate surface area is 135 Å². The number of hydrogen-bond donors (Lipinski definition) is 2. The summed E-state index contributed by atoms with van der Waals surface area (Å²) in [5.74, 6) is -0.964. The largest absolute Gasteiger partial charge is 0.478 e. The van der Waals surface area contributed by atoms with Gasteiger partial charge < -0.3 is 19.9 Å². The highest BCUT2D eigenvalue weighted by Gasteiger charge is 2.14. The van der Waals surface area contributed by atoms with Crippen LogP contribution in [0.4, 0.5) is 0 Å². The first-order valence-electron chi connectivity index (χ1n) is 7.93. The second kappa shape index (κ2) is 9.27. The summed E-state index contributed by atoms with van der Waals surface area (Å²) in [5.41, 5.74) is 1.26. The van der Waals surface area contributed by atoms with E-state index < -0.39 is 5.97 Å². The van der Waals surface area contributed by atoms with Crippen molar-refractivity contribution in [1.82, 2.24) is 5.32 Å². The summed E-state index contributed by atoms with van der Waals surface area (Å²) < 4.78 is 10.9.